The van der Waals surface area contributed by atoms with Crippen LogP contribution in [-0.2, 0) is 0 Å². The third kappa shape index (κ3) is 5.27. The van der Waals surface area contributed by atoms with Gasteiger partial charge in [-0.1, -0.05) is 35.4 Å². The fraction of sp³-hybridized carbons (Fsp3) is 0.476. The molecule has 1 fully saturated rings. The molecule has 3 rings (SSSR count). The van der Waals surface area contributed by atoms with E-state index in [4.69, 9.17) is 22.1 Å². The number of piperidine rings is 1. The van der Waals surface area contributed by atoms with Crippen LogP contribution < -0.4 is 15.8 Å². The minimum Gasteiger partial charge on any atom is -0.493 e. The number of hydrogen-bond donors (Lipinski definition) is 2. The number of hydrogen-bond acceptors (Lipinski definition) is 4. The van der Waals surface area contributed by atoms with Crippen molar-refractivity contribution in [3.8, 4) is 5.75 Å². The Bertz CT molecular complexity index is 737. The molecule has 1 saturated heterocycles. The number of likely N-dealkylation sites (tertiary alicyclic amines) is 1. The third-order valence-electron chi connectivity index (χ3n) is 5.08. The molecular formula is C21H28ClN3O2. The number of amides is 1. The molecule has 0 radical (unpaired) electrons. The van der Waals surface area contributed by atoms with Gasteiger partial charge in [0.1, 0.15) is 5.75 Å². The summed E-state index contributed by atoms with van der Waals surface area (Å²) >= 11 is 6.11. The normalized spacial score (nSPS) is 18.2. The molecule has 6 heteroatoms. The second-order valence-corrected chi connectivity index (χ2v) is 7.51. The van der Waals surface area contributed by atoms with Crippen molar-refractivity contribution in [1.82, 2.24) is 10.2 Å². The highest BCUT2D eigenvalue weighted by atomic mass is 35.5. The molecule has 1 aliphatic heterocycles. The molecule has 0 bridgehead atoms. The molecule has 1 aromatic rings. The number of nitrogens with two attached hydrogens (primary N) is 1. The van der Waals surface area contributed by atoms with E-state index in [0.717, 1.165) is 45.3 Å². The van der Waals surface area contributed by atoms with Crippen molar-refractivity contribution in [1.29, 1.82) is 0 Å². The summed E-state index contributed by atoms with van der Waals surface area (Å²) in [7, 11) is 0. The highest BCUT2D eigenvalue weighted by molar-refractivity contribution is 6.33. The molecule has 0 saturated carbocycles. The standard InChI is InChI=1S/C21H28ClN3O2/c1-2-27-20-13-19(23)18(22)12-17(20)21(26)24-16-8-10-25(11-9-16)14-15-6-4-3-5-7-15/h3-4,7,12-13,16H,2,5-6,8-11,14,23H2,1H3,(H,24,26). The Morgan fingerprint density at radius 3 is 2.78 bits per heavy atom. The van der Waals surface area contributed by atoms with E-state index in [1.54, 1.807) is 12.1 Å². The van der Waals surface area contributed by atoms with E-state index >= 15 is 0 Å². The predicted octanol–water partition coefficient (Wildman–Crippen LogP) is 3.79. The molecule has 1 aromatic carbocycles. The van der Waals surface area contributed by atoms with Gasteiger partial charge in [0.05, 0.1) is 22.9 Å². The van der Waals surface area contributed by atoms with Crippen LogP contribution in [0.4, 0.5) is 5.69 Å². The van der Waals surface area contributed by atoms with Crippen LogP contribution in [0.2, 0.25) is 5.02 Å². The van der Waals surface area contributed by atoms with Gasteiger partial charge in [0, 0.05) is 31.7 Å². The molecule has 0 unspecified atom stereocenters. The van der Waals surface area contributed by atoms with Gasteiger partial charge in [0.2, 0.25) is 0 Å². The number of allylic oxidation sites excluding steroid dienone is 3. The van der Waals surface area contributed by atoms with E-state index in [9.17, 15) is 4.79 Å². The van der Waals surface area contributed by atoms with Gasteiger partial charge in [-0.25, -0.2) is 0 Å². The minimum atomic E-state index is -0.154. The fourth-order valence-corrected chi connectivity index (χ4v) is 3.75. The fourth-order valence-electron chi connectivity index (χ4n) is 3.59. The number of ether oxygens (including phenoxy) is 1. The maximum absolute atomic E-state index is 12.7. The van der Waals surface area contributed by atoms with E-state index in [1.165, 1.54) is 5.57 Å². The summed E-state index contributed by atoms with van der Waals surface area (Å²) in [5.74, 6) is 0.325. The number of benzene rings is 1. The van der Waals surface area contributed by atoms with Gasteiger partial charge >= 0.3 is 0 Å². The highest BCUT2D eigenvalue weighted by Gasteiger charge is 2.23. The van der Waals surface area contributed by atoms with E-state index < -0.39 is 0 Å². The molecule has 0 aromatic heterocycles. The Hall–Kier alpha value is -1.98. The third-order valence-corrected chi connectivity index (χ3v) is 5.41. The lowest BCUT2D eigenvalue weighted by atomic mass is 10.0. The first-order chi connectivity index (χ1) is 13.1. The lowest BCUT2D eigenvalue weighted by molar-refractivity contribution is 0.0909. The zero-order valence-electron chi connectivity index (χ0n) is 15.8. The lowest BCUT2D eigenvalue weighted by Gasteiger charge is -2.33. The summed E-state index contributed by atoms with van der Waals surface area (Å²) in [4.78, 5) is 15.2. The quantitative estimate of drug-likeness (QED) is 0.573. The Kier molecular flexibility index (Phi) is 6.80. The summed E-state index contributed by atoms with van der Waals surface area (Å²) < 4.78 is 5.57. The Balaban J connectivity index is 1.55. The molecule has 5 nitrogen and oxygen atoms in total. The van der Waals surface area contributed by atoms with Crippen molar-refractivity contribution in [2.24, 2.45) is 0 Å². The summed E-state index contributed by atoms with van der Waals surface area (Å²) in [6.45, 7) is 5.36. The molecule has 1 amide bonds. The Labute approximate surface area is 166 Å². The van der Waals surface area contributed by atoms with Crippen LogP contribution in [0.25, 0.3) is 0 Å². The first kappa shape index (κ1) is 19.8. The second kappa shape index (κ2) is 9.29. The van der Waals surface area contributed by atoms with Crippen molar-refractivity contribution in [3.05, 3.63) is 46.5 Å². The maximum Gasteiger partial charge on any atom is 0.255 e. The zero-order valence-corrected chi connectivity index (χ0v) is 16.6. The molecule has 1 aliphatic carbocycles. The van der Waals surface area contributed by atoms with E-state index in [2.05, 4.69) is 28.4 Å². The number of rotatable bonds is 6. The minimum absolute atomic E-state index is 0.154. The molecular weight excluding hydrogens is 362 g/mol. The maximum atomic E-state index is 12.7. The largest absolute Gasteiger partial charge is 0.493 e. The van der Waals surface area contributed by atoms with Gasteiger partial charge in [-0.15, -0.1) is 0 Å². The van der Waals surface area contributed by atoms with Gasteiger partial charge in [-0.3, -0.25) is 9.69 Å². The molecule has 1 heterocycles. The predicted molar refractivity (Wildman–Crippen MR) is 110 cm³/mol. The first-order valence-electron chi connectivity index (χ1n) is 9.64. The van der Waals surface area contributed by atoms with Crippen LogP contribution in [0.3, 0.4) is 0 Å². The Morgan fingerprint density at radius 2 is 2.11 bits per heavy atom. The molecule has 146 valence electrons. The van der Waals surface area contributed by atoms with Crippen molar-refractivity contribution in [2.45, 2.75) is 38.6 Å². The SMILES string of the molecule is CCOc1cc(N)c(Cl)cc1C(=O)NC1CCN(CC2=CCC=CC2)CC1. The monoisotopic (exact) mass is 389 g/mol. The lowest BCUT2D eigenvalue weighted by Crippen LogP contribution is -2.45. The molecule has 27 heavy (non-hydrogen) atoms. The van der Waals surface area contributed by atoms with Gasteiger partial charge in [0.15, 0.2) is 0 Å². The van der Waals surface area contributed by atoms with Gasteiger partial charge in [-0.2, -0.15) is 0 Å². The summed E-state index contributed by atoms with van der Waals surface area (Å²) in [5, 5.41) is 3.50. The molecule has 3 N–H and O–H groups in total. The van der Waals surface area contributed by atoms with E-state index in [1.807, 2.05) is 6.92 Å². The number of nitrogens with one attached hydrogen (secondary N) is 1. The molecule has 0 atom stereocenters. The van der Waals surface area contributed by atoms with Crippen LogP contribution in [-0.4, -0.2) is 43.1 Å². The molecule has 0 spiro atoms. The van der Waals surface area contributed by atoms with Crippen LogP contribution >= 0.6 is 11.6 Å². The van der Waals surface area contributed by atoms with Gasteiger partial charge < -0.3 is 15.8 Å². The van der Waals surface area contributed by atoms with Crippen molar-refractivity contribution >= 4 is 23.2 Å². The van der Waals surface area contributed by atoms with Gasteiger partial charge in [-0.05, 0) is 38.7 Å². The average molecular weight is 390 g/mol. The number of carbonyl (C=O) groups is 1. The van der Waals surface area contributed by atoms with E-state index in [-0.39, 0.29) is 11.9 Å². The van der Waals surface area contributed by atoms with Gasteiger partial charge in [0.25, 0.3) is 5.91 Å². The second-order valence-electron chi connectivity index (χ2n) is 7.10. The van der Waals surface area contributed by atoms with Crippen molar-refractivity contribution in [3.63, 3.8) is 0 Å². The number of halogens is 1. The summed E-state index contributed by atoms with van der Waals surface area (Å²) in [6.07, 6.45) is 10.8. The number of carbonyl (C=O) groups excluding carboxylic acids is 1. The van der Waals surface area contributed by atoms with Crippen LogP contribution in [0.1, 0.15) is 43.0 Å². The highest BCUT2D eigenvalue weighted by Crippen LogP contribution is 2.29. The zero-order chi connectivity index (χ0) is 19.2. The topological polar surface area (TPSA) is 67.6 Å². The summed E-state index contributed by atoms with van der Waals surface area (Å²) in [5.41, 5.74) is 8.19. The molecule has 2 aliphatic rings. The van der Waals surface area contributed by atoms with Crippen molar-refractivity contribution < 1.29 is 9.53 Å². The van der Waals surface area contributed by atoms with Crippen LogP contribution in [0.15, 0.2) is 35.9 Å². The average Bonchev–Trinajstić information content (AvgIpc) is 2.67. The van der Waals surface area contributed by atoms with Crippen molar-refractivity contribution in [2.75, 3.05) is 32.0 Å². The van der Waals surface area contributed by atoms with E-state index in [0.29, 0.717) is 28.6 Å². The summed E-state index contributed by atoms with van der Waals surface area (Å²) in [6, 6.07) is 3.38. The Morgan fingerprint density at radius 1 is 1.33 bits per heavy atom. The number of anilines is 1. The number of nitrogen functional groups attached to an aromatic ring is 1. The van der Waals surface area contributed by atoms with Crippen LogP contribution in [0, 0.1) is 0 Å². The number of nitrogens with zero attached hydrogens (tertiary/aromatic N) is 1. The smallest absolute Gasteiger partial charge is 0.255 e. The first-order valence-corrected chi connectivity index (χ1v) is 10.0. The van der Waals surface area contributed by atoms with Crippen LogP contribution in [0.5, 0.6) is 5.75 Å².